The molecule has 1 aromatic carbocycles. The Balaban J connectivity index is 2.73. The maximum Gasteiger partial charge on any atom is 0.141 e. The zero-order valence-electron chi connectivity index (χ0n) is 9.45. The summed E-state index contributed by atoms with van der Waals surface area (Å²) in [5.74, 6) is 0.230. The minimum absolute atomic E-state index is 0.139. The fraction of sp³-hybridized carbons (Fsp3) is 0.364. The molecule has 0 saturated heterocycles. The number of hydrogen-bond acceptors (Lipinski definition) is 3. The van der Waals surface area contributed by atoms with E-state index in [1.54, 1.807) is 0 Å². The smallest absolute Gasteiger partial charge is 0.141 e. The van der Waals surface area contributed by atoms with E-state index in [9.17, 15) is 0 Å². The fourth-order valence-corrected chi connectivity index (χ4v) is 2.44. The van der Waals surface area contributed by atoms with Crippen molar-refractivity contribution in [3.63, 3.8) is 0 Å². The quantitative estimate of drug-likeness (QED) is 0.246. The molecule has 6 heteroatoms. The molecule has 0 bridgehead atoms. The summed E-state index contributed by atoms with van der Waals surface area (Å²) < 4.78 is 1.05. The number of oxime groups is 1. The zero-order chi connectivity index (χ0) is 12.8. The lowest BCUT2D eigenvalue weighted by Gasteiger charge is -2.18. The molecule has 0 fully saturated rings. The van der Waals surface area contributed by atoms with Crippen LogP contribution >= 0.6 is 34.2 Å². The summed E-state index contributed by atoms with van der Waals surface area (Å²) in [6.45, 7) is 2.05. The summed E-state index contributed by atoms with van der Waals surface area (Å²) in [6, 6.07) is 5.79. The molecule has 1 rings (SSSR count). The van der Waals surface area contributed by atoms with Crippen LogP contribution in [0.2, 0.25) is 5.02 Å². The third-order valence-electron chi connectivity index (χ3n) is 2.37. The number of nitrogens with one attached hydrogen (secondary N) is 1. The van der Waals surface area contributed by atoms with Gasteiger partial charge in [0.1, 0.15) is 5.84 Å². The van der Waals surface area contributed by atoms with E-state index in [-0.39, 0.29) is 11.9 Å². The number of halogens is 2. The summed E-state index contributed by atoms with van der Waals surface area (Å²) in [4.78, 5) is 0. The Bertz CT molecular complexity index is 412. The van der Waals surface area contributed by atoms with Crippen molar-refractivity contribution < 1.29 is 5.21 Å². The minimum atomic E-state index is 0.139. The van der Waals surface area contributed by atoms with Gasteiger partial charge in [0.15, 0.2) is 0 Å². The van der Waals surface area contributed by atoms with Crippen molar-refractivity contribution in [1.29, 1.82) is 0 Å². The van der Waals surface area contributed by atoms with Crippen molar-refractivity contribution in [2.24, 2.45) is 10.9 Å². The first-order chi connectivity index (χ1) is 8.06. The molecule has 0 saturated carbocycles. The standard InChI is InChI=1S/C11H15ClIN3O/c1-2-8(6-11(14)16-17)15-10-4-3-7(12)5-9(10)13/h3-5,8,15,17H,2,6H2,1H3,(H2,14,16). The molecular formula is C11H15ClIN3O. The van der Waals surface area contributed by atoms with Crippen molar-refractivity contribution in [2.45, 2.75) is 25.8 Å². The first-order valence-electron chi connectivity index (χ1n) is 5.24. The maximum atomic E-state index is 8.55. The molecule has 1 atom stereocenters. The number of nitrogens with two attached hydrogens (primary N) is 1. The van der Waals surface area contributed by atoms with Gasteiger partial charge in [-0.15, -0.1) is 0 Å². The number of nitrogens with zero attached hydrogens (tertiary/aromatic N) is 1. The van der Waals surface area contributed by atoms with Gasteiger partial charge in [-0.2, -0.15) is 0 Å². The third-order valence-corrected chi connectivity index (χ3v) is 3.50. The van der Waals surface area contributed by atoms with Gasteiger partial charge in [-0.3, -0.25) is 0 Å². The highest BCUT2D eigenvalue weighted by molar-refractivity contribution is 14.1. The van der Waals surface area contributed by atoms with E-state index in [1.165, 1.54) is 0 Å². The van der Waals surface area contributed by atoms with Crippen LogP contribution in [0.4, 0.5) is 5.69 Å². The second kappa shape index (κ2) is 6.90. The van der Waals surface area contributed by atoms with Crippen molar-refractivity contribution >= 4 is 45.7 Å². The van der Waals surface area contributed by atoms with E-state index in [2.05, 4.69) is 33.1 Å². The SMILES string of the molecule is CCC(C/C(N)=N/O)Nc1ccc(Cl)cc1I. The summed E-state index contributed by atoms with van der Waals surface area (Å²) in [5.41, 5.74) is 6.51. The molecule has 0 aliphatic rings. The van der Waals surface area contributed by atoms with Gasteiger partial charge >= 0.3 is 0 Å². The summed E-state index contributed by atoms with van der Waals surface area (Å²) in [5, 5.41) is 15.6. The van der Waals surface area contributed by atoms with Gasteiger partial charge in [0, 0.05) is 26.7 Å². The molecule has 0 aromatic heterocycles. The first-order valence-corrected chi connectivity index (χ1v) is 6.70. The first kappa shape index (κ1) is 14.4. The Kier molecular flexibility index (Phi) is 5.84. The van der Waals surface area contributed by atoms with Crippen LogP contribution in [0.15, 0.2) is 23.4 Å². The van der Waals surface area contributed by atoms with E-state index in [0.717, 1.165) is 15.7 Å². The van der Waals surface area contributed by atoms with Crippen LogP contribution in [0.1, 0.15) is 19.8 Å². The molecule has 94 valence electrons. The summed E-state index contributed by atoms with van der Waals surface area (Å²) >= 11 is 8.11. The normalized spacial score (nSPS) is 13.5. The van der Waals surface area contributed by atoms with Gasteiger partial charge < -0.3 is 16.3 Å². The number of amidine groups is 1. The summed E-state index contributed by atoms with van der Waals surface area (Å²) in [7, 11) is 0. The molecule has 1 unspecified atom stereocenters. The molecule has 0 radical (unpaired) electrons. The Morgan fingerprint density at radius 3 is 2.88 bits per heavy atom. The van der Waals surface area contributed by atoms with Crippen LogP contribution in [0.25, 0.3) is 0 Å². The zero-order valence-corrected chi connectivity index (χ0v) is 12.4. The molecule has 4 N–H and O–H groups in total. The molecule has 0 amide bonds. The molecule has 0 aliphatic heterocycles. The molecule has 0 spiro atoms. The highest BCUT2D eigenvalue weighted by Gasteiger charge is 2.10. The van der Waals surface area contributed by atoms with Crippen LogP contribution in [0.3, 0.4) is 0 Å². The van der Waals surface area contributed by atoms with Crippen molar-refractivity contribution in [3.05, 3.63) is 26.8 Å². The largest absolute Gasteiger partial charge is 0.409 e. The van der Waals surface area contributed by atoms with Crippen LogP contribution in [-0.4, -0.2) is 17.1 Å². The predicted molar refractivity (Wildman–Crippen MR) is 79.9 cm³/mol. The lowest BCUT2D eigenvalue weighted by atomic mass is 10.1. The lowest BCUT2D eigenvalue weighted by Crippen LogP contribution is -2.26. The van der Waals surface area contributed by atoms with E-state index in [1.807, 2.05) is 25.1 Å². The Labute approximate surface area is 119 Å². The molecular weight excluding hydrogens is 352 g/mol. The van der Waals surface area contributed by atoms with Gasteiger partial charge in [-0.1, -0.05) is 23.7 Å². The van der Waals surface area contributed by atoms with Gasteiger partial charge in [0.2, 0.25) is 0 Å². The number of hydrogen-bond donors (Lipinski definition) is 3. The van der Waals surface area contributed by atoms with Crippen LogP contribution in [0.5, 0.6) is 0 Å². The molecule has 4 nitrogen and oxygen atoms in total. The van der Waals surface area contributed by atoms with Gasteiger partial charge in [0.25, 0.3) is 0 Å². The summed E-state index contributed by atoms with van der Waals surface area (Å²) in [6.07, 6.45) is 1.39. The second-order valence-electron chi connectivity index (χ2n) is 3.67. The average molecular weight is 368 g/mol. The Morgan fingerprint density at radius 2 is 2.35 bits per heavy atom. The highest BCUT2D eigenvalue weighted by Crippen LogP contribution is 2.23. The predicted octanol–water partition coefficient (Wildman–Crippen LogP) is 3.27. The average Bonchev–Trinajstić information content (AvgIpc) is 2.31. The Morgan fingerprint density at radius 1 is 1.65 bits per heavy atom. The van der Waals surface area contributed by atoms with Crippen molar-refractivity contribution in [1.82, 2.24) is 0 Å². The molecule has 0 aliphatic carbocycles. The lowest BCUT2D eigenvalue weighted by molar-refractivity contribution is 0.316. The number of anilines is 1. The number of benzene rings is 1. The highest BCUT2D eigenvalue weighted by atomic mass is 127. The minimum Gasteiger partial charge on any atom is -0.409 e. The monoisotopic (exact) mass is 367 g/mol. The van der Waals surface area contributed by atoms with Crippen molar-refractivity contribution in [3.8, 4) is 0 Å². The van der Waals surface area contributed by atoms with Crippen molar-refractivity contribution in [2.75, 3.05) is 5.32 Å². The van der Waals surface area contributed by atoms with Crippen LogP contribution in [-0.2, 0) is 0 Å². The third kappa shape index (κ3) is 4.59. The van der Waals surface area contributed by atoms with Gasteiger partial charge in [-0.05, 0) is 47.2 Å². The molecule has 17 heavy (non-hydrogen) atoms. The second-order valence-corrected chi connectivity index (χ2v) is 5.27. The topological polar surface area (TPSA) is 70.6 Å². The van der Waals surface area contributed by atoms with E-state index >= 15 is 0 Å². The Hall–Kier alpha value is -0.690. The maximum absolute atomic E-state index is 8.55. The molecule has 1 aromatic rings. The van der Waals surface area contributed by atoms with Gasteiger partial charge in [-0.25, -0.2) is 0 Å². The van der Waals surface area contributed by atoms with E-state index < -0.39 is 0 Å². The van der Waals surface area contributed by atoms with Crippen LogP contribution < -0.4 is 11.1 Å². The van der Waals surface area contributed by atoms with E-state index in [4.69, 9.17) is 22.5 Å². The van der Waals surface area contributed by atoms with Crippen LogP contribution in [0, 0.1) is 3.57 Å². The van der Waals surface area contributed by atoms with E-state index in [0.29, 0.717) is 11.4 Å². The fourth-order valence-electron chi connectivity index (χ4n) is 1.42. The number of rotatable bonds is 5. The molecule has 0 heterocycles. The van der Waals surface area contributed by atoms with Gasteiger partial charge in [0.05, 0.1) is 0 Å².